The minimum Gasteiger partial charge on any atom is -0.456 e. The third kappa shape index (κ3) is 58.7. The normalized spacial score (nSPS) is 13.8. The molecule has 0 aliphatic heterocycles. The zero-order valence-electron chi connectivity index (χ0n) is 52.0. The van der Waals surface area contributed by atoms with Gasteiger partial charge in [0.2, 0.25) is 5.91 Å². The molecule has 3 unspecified atom stereocenters. The topological polar surface area (TPSA) is 111 Å². The third-order valence-corrected chi connectivity index (χ3v) is 16.1. The van der Waals surface area contributed by atoms with Crippen LogP contribution >= 0.6 is 7.82 Å². The van der Waals surface area contributed by atoms with Crippen molar-refractivity contribution in [3.8, 4) is 0 Å². The Bertz CT molecular complexity index is 1410. The van der Waals surface area contributed by atoms with Gasteiger partial charge in [-0.2, -0.15) is 0 Å². The summed E-state index contributed by atoms with van der Waals surface area (Å²) in [6.45, 7) is 7.00. The van der Waals surface area contributed by atoms with Crippen LogP contribution in [-0.2, 0) is 27.9 Å². The maximum Gasteiger partial charge on any atom is 0.472 e. The van der Waals surface area contributed by atoms with Crippen LogP contribution in [0.5, 0.6) is 0 Å². The van der Waals surface area contributed by atoms with E-state index in [4.69, 9.17) is 13.8 Å². The molecule has 9 nitrogen and oxygen atoms in total. The first-order valence-electron chi connectivity index (χ1n) is 33.3. The van der Waals surface area contributed by atoms with E-state index in [9.17, 15) is 19.0 Å². The molecule has 10 heteroatoms. The van der Waals surface area contributed by atoms with Gasteiger partial charge in [-0.05, 0) is 51.0 Å². The molecule has 1 amide bonds. The van der Waals surface area contributed by atoms with Crippen molar-refractivity contribution < 1.29 is 37.3 Å². The van der Waals surface area contributed by atoms with Gasteiger partial charge in [0.05, 0.1) is 33.8 Å². The van der Waals surface area contributed by atoms with E-state index in [1.807, 2.05) is 39.4 Å². The number of phosphoric acid groups is 1. The van der Waals surface area contributed by atoms with E-state index < -0.39 is 20.0 Å². The summed E-state index contributed by atoms with van der Waals surface area (Å²) in [7, 11) is 1.48. The Labute approximate surface area is 478 Å². The second-order valence-electron chi connectivity index (χ2n) is 24.0. The second-order valence-corrected chi connectivity index (χ2v) is 25.5. The van der Waals surface area contributed by atoms with E-state index in [0.29, 0.717) is 23.9 Å². The number of carbonyl (C=O) groups is 2. The Hall–Kier alpha value is -1.77. The van der Waals surface area contributed by atoms with Gasteiger partial charge >= 0.3 is 13.8 Å². The number of carbonyl (C=O) groups excluding carboxylic acids is 2. The SMILES string of the molecule is CCCCCCCC/C=C\C/C=C/CCC(=O)OC(/C=C\CCCCCCCCCCC)C(COP(=O)(O)OCC[N+](C)(C)C)NC(=O)CCCCCCCCCCCCCCCCCCCCCCCCCCCCC. The number of rotatable bonds is 61. The molecule has 0 radical (unpaired) electrons. The largest absolute Gasteiger partial charge is 0.472 e. The molecular formula is C67H130N2O7P+. The molecule has 0 saturated heterocycles. The minimum absolute atomic E-state index is 0.0351. The maximum absolute atomic E-state index is 13.6. The summed E-state index contributed by atoms with van der Waals surface area (Å²) in [6.07, 6.45) is 70.4. The van der Waals surface area contributed by atoms with Crippen molar-refractivity contribution in [3.63, 3.8) is 0 Å². The first kappa shape index (κ1) is 75.2. The predicted octanol–water partition coefficient (Wildman–Crippen LogP) is 20.7. The lowest BCUT2D eigenvalue weighted by atomic mass is 10.0. The summed E-state index contributed by atoms with van der Waals surface area (Å²) in [5.74, 6) is -0.569. The van der Waals surface area contributed by atoms with Crippen LogP contribution < -0.4 is 5.32 Å². The highest BCUT2D eigenvalue weighted by Gasteiger charge is 2.30. The molecule has 3 atom stereocenters. The first-order chi connectivity index (χ1) is 37.4. The van der Waals surface area contributed by atoms with Crippen LogP contribution in [0.1, 0.15) is 329 Å². The lowest BCUT2D eigenvalue weighted by Crippen LogP contribution is -2.47. The predicted molar refractivity (Wildman–Crippen MR) is 332 cm³/mol. The van der Waals surface area contributed by atoms with Gasteiger partial charge in [0, 0.05) is 12.8 Å². The lowest BCUT2D eigenvalue weighted by molar-refractivity contribution is -0.870. The number of unbranched alkanes of at least 4 members (excludes halogenated alkanes) is 41. The van der Waals surface area contributed by atoms with E-state index in [2.05, 4.69) is 44.3 Å². The van der Waals surface area contributed by atoms with Crippen molar-refractivity contribution in [1.82, 2.24) is 5.32 Å². The van der Waals surface area contributed by atoms with Crippen LogP contribution in [0, 0.1) is 0 Å². The molecule has 0 spiro atoms. The van der Waals surface area contributed by atoms with Crippen LogP contribution in [0.2, 0.25) is 0 Å². The molecule has 0 bridgehead atoms. The standard InChI is InChI=1S/C67H129N2O7P/c1-7-10-13-16-19-22-25-27-28-29-30-31-32-33-34-35-36-37-38-39-40-42-44-47-50-53-56-59-66(70)68-64(63-75-77(72,73)74-62-61-69(4,5)6)65(58-55-52-49-46-43-24-21-18-15-12-9-3)76-67(71)60-57-54-51-48-45-41-26-23-20-17-14-11-8-2/h41,45,51,54-55,58,64-65H,7-40,42-44,46-50,52-53,56-57,59-63H2,1-6H3,(H-,68,70,72,73)/p+1/b45-41-,54-51+,58-55-. The number of likely N-dealkylation sites (N-methyl/N-ethyl adjacent to an activating group) is 1. The average Bonchev–Trinajstić information content (AvgIpc) is 3.39. The number of phosphoric ester groups is 1. The Morgan fingerprint density at radius 3 is 1.19 bits per heavy atom. The van der Waals surface area contributed by atoms with E-state index in [1.165, 1.54) is 238 Å². The molecule has 0 aromatic carbocycles. The summed E-state index contributed by atoms with van der Waals surface area (Å²) >= 11 is 0. The van der Waals surface area contributed by atoms with Crippen molar-refractivity contribution in [2.75, 3.05) is 40.9 Å². The Balaban J connectivity index is 4.96. The summed E-state index contributed by atoms with van der Waals surface area (Å²) < 4.78 is 30.6. The van der Waals surface area contributed by atoms with Crippen molar-refractivity contribution in [2.24, 2.45) is 0 Å². The van der Waals surface area contributed by atoms with Gasteiger partial charge in [0.15, 0.2) is 0 Å². The van der Waals surface area contributed by atoms with Crippen LogP contribution in [0.4, 0.5) is 0 Å². The third-order valence-electron chi connectivity index (χ3n) is 15.1. The molecule has 0 aromatic heterocycles. The molecule has 2 N–H and O–H groups in total. The molecular weight excluding hydrogens is 976 g/mol. The Kier molecular flexibility index (Phi) is 56.1. The van der Waals surface area contributed by atoms with E-state index in [-0.39, 0.29) is 31.5 Å². The molecule has 0 saturated carbocycles. The number of nitrogens with one attached hydrogen (secondary N) is 1. The zero-order valence-corrected chi connectivity index (χ0v) is 52.9. The fraction of sp³-hybridized carbons (Fsp3) is 0.881. The maximum atomic E-state index is 13.6. The number of allylic oxidation sites excluding steroid dienone is 5. The molecule has 0 fully saturated rings. The number of hydrogen-bond acceptors (Lipinski definition) is 6. The van der Waals surface area contributed by atoms with Crippen LogP contribution in [0.3, 0.4) is 0 Å². The number of nitrogens with zero attached hydrogens (tertiary/aromatic N) is 1. The van der Waals surface area contributed by atoms with Gasteiger partial charge in [-0.1, -0.05) is 302 Å². The fourth-order valence-corrected chi connectivity index (χ4v) is 10.7. The lowest BCUT2D eigenvalue weighted by Gasteiger charge is -2.27. The van der Waals surface area contributed by atoms with Crippen LogP contribution in [0.15, 0.2) is 36.5 Å². The van der Waals surface area contributed by atoms with Gasteiger partial charge in [-0.15, -0.1) is 0 Å². The van der Waals surface area contributed by atoms with Gasteiger partial charge in [0.25, 0.3) is 0 Å². The first-order valence-corrected chi connectivity index (χ1v) is 34.8. The average molecular weight is 1110 g/mol. The van der Waals surface area contributed by atoms with Gasteiger partial charge < -0.3 is 19.4 Å². The minimum atomic E-state index is -4.45. The monoisotopic (exact) mass is 1110 g/mol. The summed E-state index contributed by atoms with van der Waals surface area (Å²) in [4.78, 5) is 37.6. The number of ether oxygens (including phenoxy) is 1. The molecule has 0 aliphatic rings. The number of quaternary nitrogens is 1. The van der Waals surface area contributed by atoms with Crippen LogP contribution in [0.25, 0.3) is 0 Å². The van der Waals surface area contributed by atoms with Gasteiger partial charge in [-0.3, -0.25) is 18.6 Å². The molecule has 0 rings (SSSR count). The number of hydrogen-bond donors (Lipinski definition) is 2. The van der Waals surface area contributed by atoms with Crippen molar-refractivity contribution in [2.45, 2.75) is 341 Å². The van der Waals surface area contributed by atoms with Gasteiger partial charge in [0.1, 0.15) is 19.3 Å². The zero-order chi connectivity index (χ0) is 56.4. The Morgan fingerprint density at radius 2 is 0.805 bits per heavy atom. The van der Waals surface area contributed by atoms with Crippen molar-refractivity contribution in [3.05, 3.63) is 36.5 Å². The molecule has 0 aliphatic carbocycles. The van der Waals surface area contributed by atoms with Crippen LogP contribution in [-0.4, -0.2) is 74.3 Å². The number of esters is 1. The quantitative estimate of drug-likeness (QED) is 0.0205. The fourth-order valence-electron chi connectivity index (χ4n) is 9.94. The molecule has 77 heavy (non-hydrogen) atoms. The smallest absolute Gasteiger partial charge is 0.456 e. The highest BCUT2D eigenvalue weighted by Crippen LogP contribution is 2.43. The molecule has 0 aromatic rings. The summed E-state index contributed by atoms with van der Waals surface area (Å²) in [5.41, 5.74) is 0. The van der Waals surface area contributed by atoms with Crippen molar-refractivity contribution >= 4 is 19.7 Å². The molecule has 454 valence electrons. The number of amides is 1. The van der Waals surface area contributed by atoms with E-state index >= 15 is 0 Å². The summed E-state index contributed by atoms with van der Waals surface area (Å²) in [5, 5.41) is 3.05. The van der Waals surface area contributed by atoms with E-state index in [0.717, 1.165) is 51.4 Å². The summed E-state index contributed by atoms with van der Waals surface area (Å²) in [6, 6.07) is -0.866. The highest BCUT2D eigenvalue weighted by atomic mass is 31.2. The molecule has 0 heterocycles. The van der Waals surface area contributed by atoms with Gasteiger partial charge in [-0.25, -0.2) is 4.57 Å². The second kappa shape index (κ2) is 57.5. The highest BCUT2D eigenvalue weighted by molar-refractivity contribution is 7.47. The van der Waals surface area contributed by atoms with Crippen molar-refractivity contribution in [1.29, 1.82) is 0 Å². The Morgan fingerprint density at radius 1 is 0.455 bits per heavy atom. The van der Waals surface area contributed by atoms with E-state index in [1.54, 1.807) is 0 Å².